The van der Waals surface area contributed by atoms with Crippen LogP contribution < -0.4 is 10.1 Å². The second kappa shape index (κ2) is 5.49. The molecule has 0 atom stereocenters. The number of benzene rings is 1. The molecule has 3 rings (SSSR count). The standard InChI is InChI=1S/C16H19N3O/c1-17-16-12-7-5-8-13(12)18-15(19-16)10-11-6-3-4-9-14(11)20-2/h3-4,6,9H,5,7-8,10H2,1-2H3,(H,17,18,19). The summed E-state index contributed by atoms with van der Waals surface area (Å²) in [5.74, 6) is 2.74. The molecule has 20 heavy (non-hydrogen) atoms. The van der Waals surface area contributed by atoms with E-state index in [1.807, 2.05) is 25.2 Å². The van der Waals surface area contributed by atoms with Gasteiger partial charge in [-0.25, -0.2) is 9.97 Å². The number of nitrogens with one attached hydrogen (secondary N) is 1. The third-order valence-corrected chi connectivity index (χ3v) is 3.76. The fraction of sp³-hybridized carbons (Fsp3) is 0.375. The predicted molar refractivity (Wildman–Crippen MR) is 79.4 cm³/mol. The van der Waals surface area contributed by atoms with Gasteiger partial charge in [-0.05, 0) is 25.3 Å². The highest BCUT2D eigenvalue weighted by molar-refractivity contribution is 5.49. The Labute approximate surface area is 119 Å². The summed E-state index contributed by atoms with van der Waals surface area (Å²) in [6.07, 6.45) is 4.02. The summed E-state index contributed by atoms with van der Waals surface area (Å²) in [6, 6.07) is 8.03. The maximum absolute atomic E-state index is 5.40. The molecule has 1 aromatic heterocycles. The summed E-state index contributed by atoms with van der Waals surface area (Å²) in [7, 11) is 3.62. The van der Waals surface area contributed by atoms with E-state index in [1.165, 1.54) is 17.7 Å². The molecule has 1 heterocycles. The van der Waals surface area contributed by atoms with E-state index >= 15 is 0 Å². The minimum absolute atomic E-state index is 0.700. The SMILES string of the molecule is CNc1nc(Cc2ccccc2OC)nc2c1CCC2. The number of para-hydroxylation sites is 1. The van der Waals surface area contributed by atoms with Crippen LogP contribution in [0.4, 0.5) is 5.82 Å². The van der Waals surface area contributed by atoms with Crippen LogP contribution in [0, 0.1) is 0 Å². The Balaban J connectivity index is 1.95. The van der Waals surface area contributed by atoms with E-state index in [9.17, 15) is 0 Å². The number of rotatable bonds is 4. The summed E-state index contributed by atoms with van der Waals surface area (Å²) in [5.41, 5.74) is 3.61. The van der Waals surface area contributed by atoms with Gasteiger partial charge in [0.1, 0.15) is 17.4 Å². The number of methoxy groups -OCH3 is 1. The lowest BCUT2D eigenvalue weighted by Gasteiger charge is -2.11. The van der Waals surface area contributed by atoms with Crippen LogP contribution in [0.5, 0.6) is 5.75 Å². The zero-order valence-corrected chi connectivity index (χ0v) is 11.9. The average Bonchev–Trinajstić information content (AvgIpc) is 2.95. The molecule has 0 unspecified atom stereocenters. The Hall–Kier alpha value is -2.10. The largest absolute Gasteiger partial charge is 0.496 e. The monoisotopic (exact) mass is 269 g/mol. The molecule has 1 N–H and O–H groups in total. The summed E-state index contributed by atoms with van der Waals surface area (Å²) in [4.78, 5) is 9.38. The van der Waals surface area contributed by atoms with Crippen molar-refractivity contribution in [2.75, 3.05) is 19.5 Å². The van der Waals surface area contributed by atoms with Gasteiger partial charge in [-0.2, -0.15) is 0 Å². The summed E-state index contributed by atoms with van der Waals surface area (Å²) in [5, 5.41) is 3.20. The van der Waals surface area contributed by atoms with Crippen molar-refractivity contribution < 1.29 is 4.74 Å². The van der Waals surface area contributed by atoms with Crippen molar-refractivity contribution in [3.63, 3.8) is 0 Å². The zero-order valence-electron chi connectivity index (χ0n) is 11.9. The second-order valence-corrected chi connectivity index (χ2v) is 5.01. The van der Waals surface area contributed by atoms with Crippen LogP contribution in [0.15, 0.2) is 24.3 Å². The molecule has 0 saturated heterocycles. The predicted octanol–water partition coefficient (Wildman–Crippen LogP) is 2.61. The number of aryl methyl sites for hydroxylation is 1. The van der Waals surface area contributed by atoms with Crippen molar-refractivity contribution in [3.05, 3.63) is 46.9 Å². The molecule has 0 aliphatic heterocycles. The third-order valence-electron chi connectivity index (χ3n) is 3.76. The Morgan fingerprint density at radius 1 is 1.20 bits per heavy atom. The van der Waals surface area contributed by atoms with Gasteiger partial charge in [-0.15, -0.1) is 0 Å². The van der Waals surface area contributed by atoms with E-state index in [2.05, 4.69) is 16.4 Å². The van der Waals surface area contributed by atoms with E-state index in [0.29, 0.717) is 6.42 Å². The molecule has 4 heteroatoms. The lowest BCUT2D eigenvalue weighted by molar-refractivity contribution is 0.410. The number of hydrogen-bond donors (Lipinski definition) is 1. The third kappa shape index (κ3) is 2.33. The van der Waals surface area contributed by atoms with Crippen molar-refractivity contribution in [3.8, 4) is 5.75 Å². The zero-order chi connectivity index (χ0) is 13.9. The number of ether oxygens (including phenoxy) is 1. The highest BCUT2D eigenvalue weighted by atomic mass is 16.5. The van der Waals surface area contributed by atoms with Crippen molar-refractivity contribution in [1.82, 2.24) is 9.97 Å². The molecule has 0 spiro atoms. The lowest BCUT2D eigenvalue weighted by atomic mass is 10.1. The topological polar surface area (TPSA) is 47.0 Å². The van der Waals surface area contributed by atoms with Crippen LogP contribution in [-0.2, 0) is 19.3 Å². The Morgan fingerprint density at radius 3 is 2.85 bits per heavy atom. The normalized spacial score (nSPS) is 13.1. The summed E-state index contributed by atoms with van der Waals surface area (Å²) >= 11 is 0. The first kappa shape index (κ1) is 12.9. The van der Waals surface area contributed by atoms with Crippen LogP contribution >= 0.6 is 0 Å². The van der Waals surface area contributed by atoms with Crippen LogP contribution in [0.3, 0.4) is 0 Å². The minimum atomic E-state index is 0.700. The van der Waals surface area contributed by atoms with Gasteiger partial charge in [0.25, 0.3) is 0 Å². The van der Waals surface area contributed by atoms with Crippen LogP contribution in [0.25, 0.3) is 0 Å². The molecule has 0 saturated carbocycles. The van der Waals surface area contributed by atoms with Gasteiger partial charge in [0.2, 0.25) is 0 Å². The van der Waals surface area contributed by atoms with Crippen LogP contribution in [-0.4, -0.2) is 24.1 Å². The lowest BCUT2D eigenvalue weighted by Crippen LogP contribution is -2.07. The first-order valence-corrected chi connectivity index (χ1v) is 7.00. The first-order valence-electron chi connectivity index (χ1n) is 7.00. The van der Waals surface area contributed by atoms with Crippen molar-refractivity contribution in [2.45, 2.75) is 25.7 Å². The van der Waals surface area contributed by atoms with E-state index < -0.39 is 0 Å². The van der Waals surface area contributed by atoms with Crippen molar-refractivity contribution in [2.24, 2.45) is 0 Å². The first-order chi connectivity index (χ1) is 9.81. The minimum Gasteiger partial charge on any atom is -0.496 e. The number of hydrogen-bond acceptors (Lipinski definition) is 4. The van der Waals surface area contributed by atoms with Gasteiger partial charge < -0.3 is 10.1 Å². The van der Waals surface area contributed by atoms with Crippen LogP contribution in [0.2, 0.25) is 0 Å². The maximum Gasteiger partial charge on any atom is 0.135 e. The van der Waals surface area contributed by atoms with Gasteiger partial charge in [-0.3, -0.25) is 0 Å². The fourth-order valence-electron chi connectivity index (χ4n) is 2.79. The molecule has 4 nitrogen and oxygen atoms in total. The molecule has 0 radical (unpaired) electrons. The Bertz CT molecular complexity index is 625. The highest BCUT2D eigenvalue weighted by Gasteiger charge is 2.19. The van der Waals surface area contributed by atoms with Crippen molar-refractivity contribution in [1.29, 1.82) is 0 Å². The van der Waals surface area contributed by atoms with Gasteiger partial charge in [0.15, 0.2) is 0 Å². The molecule has 0 amide bonds. The number of fused-ring (bicyclic) bond motifs is 1. The smallest absolute Gasteiger partial charge is 0.135 e. The van der Waals surface area contributed by atoms with Gasteiger partial charge in [0, 0.05) is 30.3 Å². The second-order valence-electron chi connectivity index (χ2n) is 5.01. The molecule has 1 aromatic carbocycles. The average molecular weight is 269 g/mol. The number of anilines is 1. The molecular formula is C16H19N3O. The Kier molecular flexibility index (Phi) is 3.54. The van der Waals surface area contributed by atoms with Crippen LogP contribution in [0.1, 0.15) is 29.1 Å². The fourth-order valence-corrected chi connectivity index (χ4v) is 2.79. The summed E-state index contributed by atoms with van der Waals surface area (Å²) in [6.45, 7) is 0. The van der Waals surface area contributed by atoms with Gasteiger partial charge in [-0.1, -0.05) is 18.2 Å². The van der Waals surface area contributed by atoms with E-state index in [0.717, 1.165) is 35.8 Å². The van der Waals surface area contributed by atoms with E-state index in [4.69, 9.17) is 9.72 Å². The van der Waals surface area contributed by atoms with E-state index in [-0.39, 0.29) is 0 Å². The molecule has 0 fully saturated rings. The molecule has 1 aliphatic carbocycles. The maximum atomic E-state index is 5.40. The highest BCUT2D eigenvalue weighted by Crippen LogP contribution is 2.27. The molecular weight excluding hydrogens is 250 g/mol. The molecule has 104 valence electrons. The number of nitrogens with zero attached hydrogens (tertiary/aromatic N) is 2. The van der Waals surface area contributed by atoms with Gasteiger partial charge >= 0.3 is 0 Å². The van der Waals surface area contributed by atoms with E-state index in [1.54, 1.807) is 7.11 Å². The van der Waals surface area contributed by atoms with Gasteiger partial charge in [0.05, 0.1) is 7.11 Å². The van der Waals surface area contributed by atoms with Crippen molar-refractivity contribution >= 4 is 5.82 Å². The molecule has 0 bridgehead atoms. The summed E-state index contributed by atoms with van der Waals surface area (Å²) < 4.78 is 5.40. The molecule has 1 aliphatic rings. The quantitative estimate of drug-likeness (QED) is 0.927. The molecule has 2 aromatic rings. The Morgan fingerprint density at radius 2 is 2.05 bits per heavy atom. The number of aromatic nitrogens is 2.